The second-order valence-corrected chi connectivity index (χ2v) is 8.13. The van der Waals surface area contributed by atoms with E-state index in [4.69, 9.17) is 4.52 Å². The third kappa shape index (κ3) is 4.26. The van der Waals surface area contributed by atoms with Gasteiger partial charge in [-0.2, -0.15) is 4.98 Å². The molecule has 0 spiro atoms. The number of benzene rings is 1. The Labute approximate surface area is 167 Å². The lowest BCUT2D eigenvalue weighted by molar-refractivity contribution is -0.384. The molecule has 0 amide bonds. The molecular formula is C19H23N5O3S. The van der Waals surface area contributed by atoms with Gasteiger partial charge in [0.25, 0.3) is 5.69 Å². The summed E-state index contributed by atoms with van der Waals surface area (Å²) in [7, 11) is 2.01. The third-order valence-electron chi connectivity index (χ3n) is 4.57. The van der Waals surface area contributed by atoms with Crippen LogP contribution in [0.5, 0.6) is 0 Å². The standard InChI is InChI=1S/C19H23N5O3S/c1-11(2)19-20-12(3)17(28-19)13(4)23(5)10-16-21-18(22-27-16)14-6-8-15(9-7-14)24(25)26/h6-9,11,13H,10H2,1-5H3. The molecule has 2 aromatic heterocycles. The summed E-state index contributed by atoms with van der Waals surface area (Å²) in [6.07, 6.45) is 0. The van der Waals surface area contributed by atoms with Crippen molar-refractivity contribution in [3.8, 4) is 11.4 Å². The molecule has 0 aliphatic heterocycles. The van der Waals surface area contributed by atoms with Gasteiger partial charge in [0.2, 0.25) is 11.7 Å². The fourth-order valence-electron chi connectivity index (χ4n) is 2.78. The molecule has 148 valence electrons. The van der Waals surface area contributed by atoms with Crippen molar-refractivity contribution in [2.24, 2.45) is 0 Å². The van der Waals surface area contributed by atoms with Crippen LogP contribution in [0.3, 0.4) is 0 Å². The van der Waals surface area contributed by atoms with Crippen LogP contribution in [0.25, 0.3) is 11.4 Å². The topological polar surface area (TPSA) is 98.2 Å². The number of aryl methyl sites for hydroxylation is 1. The zero-order valence-electron chi connectivity index (χ0n) is 16.5. The third-order valence-corrected chi connectivity index (χ3v) is 6.20. The molecule has 2 heterocycles. The Morgan fingerprint density at radius 2 is 1.89 bits per heavy atom. The van der Waals surface area contributed by atoms with Gasteiger partial charge in [-0.25, -0.2) is 4.98 Å². The molecule has 0 fully saturated rings. The molecule has 28 heavy (non-hydrogen) atoms. The van der Waals surface area contributed by atoms with Gasteiger partial charge in [-0.15, -0.1) is 11.3 Å². The number of hydrogen-bond acceptors (Lipinski definition) is 8. The normalized spacial score (nSPS) is 12.7. The quantitative estimate of drug-likeness (QED) is 0.417. The maximum Gasteiger partial charge on any atom is 0.269 e. The Hall–Kier alpha value is -2.65. The van der Waals surface area contributed by atoms with Gasteiger partial charge in [0.05, 0.1) is 22.2 Å². The molecule has 3 rings (SSSR count). The van der Waals surface area contributed by atoms with Crippen molar-refractivity contribution in [1.29, 1.82) is 0 Å². The number of nitrogens with zero attached hydrogens (tertiary/aromatic N) is 5. The monoisotopic (exact) mass is 401 g/mol. The fourth-order valence-corrected chi connectivity index (χ4v) is 3.97. The van der Waals surface area contributed by atoms with E-state index in [1.165, 1.54) is 17.0 Å². The molecule has 0 saturated heterocycles. The van der Waals surface area contributed by atoms with Crippen LogP contribution in [0.2, 0.25) is 0 Å². The smallest absolute Gasteiger partial charge is 0.269 e. The SMILES string of the molecule is Cc1nc(C(C)C)sc1C(C)N(C)Cc1nc(-c2ccc([N+](=O)[O-])cc2)no1. The summed E-state index contributed by atoms with van der Waals surface area (Å²) in [5.74, 6) is 1.33. The highest BCUT2D eigenvalue weighted by molar-refractivity contribution is 7.11. The van der Waals surface area contributed by atoms with Crippen molar-refractivity contribution in [1.82, 2.24) is 20.0 Å². The number of nitro groups is 1. The maximum atomic E-state index is 10.8. The lowest BCUT2D eigenvalue weighted by Crippen LogP contribution is -2.22. The van der Waals surface area contributed by atoms with Crippen molar-refractivity contribution in [2.45, 2.75) is 46.2 Å². The summed E-state index contributed by atoms with van der Waals surface area (Å²) in [6.45, 7) is 8.97. The van der Waals surface area contributed by atoms with Crippen molar-refractivity contribution in [3.63, 3.8) is 0 Å². The van der Waals surface area contributed by atoms with Crippen LogP contribution in [-0.4, -0.2) is 32.0 Å². The van der Waals surface area contributed by atoms with Crippen LogP contribution in [-0.2, 0) is 6.54 Å². The zero-order valence-corrected chi connectivity index (χ0v) is 17.4. The molecule has 1 unspecified atom stereocenters. The largest absolute Gasteiger partial charge is 0.338 e. The minimum absolute atomic E-state index is 0.0294. The van der Waals surface area contributed by atoms with Gasteiger partial charge in [-0.05, 0) is 33.0 Å². The van der Waals surface area contributed by atoms with Gasteiger partial charge >= 0.3 is 0 Å². The number of thiazole rings is 1. The molecule has 0 aliphatic carbocycles. The van der Waals surface area contributed by atoms with Gasteiger partial charge in [0.15, 0.2) is 0 Å². The van der Waals surface area contributed by atoms with Crippen LogP contribution in [0, 0.1) is 17.0 Å². The van der Waals surface area contributed by atoms with Crippen LogP contribution in [0.15, 0.2) is 28.8 Å². The molecule has 0 radical (unpaired) electrons. The molecule has 1 atom stereocenters. The Bertz CT molecular complexity index is 964. The highest BCUT2D eigenvalue weighted by Gasteiger charge is 2.21. The predicted octanol–water partition coefficient (Wildman–Crippen LogP) is 4.73. The molecule has 1 aromatic carbocycles. The molecule has 9 heteroatoms. The predicted molar refractivity (Wildman–Crippen MR) is 107 cm³/mol. The summed E-state index contributed by atoms with van der Waals surface area (Å²) in [4.78, 5) is 22.8. The highest BCUT2D eigenvalue weighted by atomic mass is 32.1. The van der Waals surface area contributed by atoms with E-state index >= 15 is 0 Å². The number of rotatable bonds is 7. The first-order chi connectivity index (χ1) is 13.3. The number of nitro benzene ring substituents is 1. The van der Waals surface area contributed by atoms with E-state index in [0.717, 1.165) is 10.7 Å². The van der Waals surface area contributed by atoms with E-state index in [2.05, 4.69) is 40.8 Å². The maximum absolute atomic E-state index is 10.8. The molecule has 0 bridgehead atoms. The molecule has 0 N–H and O–H groups in total. The second kappa shape index (κ2) is 8.15. The minimum atomic E-state index is -0.437. The first-order valence-electron chi connectivity index (χ1n) is 9.01. The molecule has 0 aliphatic rings. The van der Waals surface area contributed by atoms with Crippen molar-refractivity contribution < 1.29 is 9.45 Å². The Balaban J connectivity index is 1.71. The van der Waals surface area contributed by atoms with E-state index in [1.54, 1.807) is 23.5 Å². The summed E-state index contributed by atoms with van der Waals surface area (Å²) >= 11 is 1.75. The van der Waals surface area contributed by atoms with E-state index in [-0.39, 0.29) is 11.7 Å². The summed E-state index contributed by atoms with van der Waals surface area (Å²) in [6, 6.07) is 6.26. The fraction of sp³-hybridized carbons (Fsp3) is 0.421. The summed E-state index contributed by atoms with van der Waals surface area (Å²) in [5, 5.41) is 15.9. The number of non-ortho nitro benzene ring substituents is 1. The van der Waals surface area contributed by atoms with E-state index < -0.39 is 4.92 Å². The number of hydrogen-bond donors (Lipinski definition) is 0. The van der Waals surface area contributed by atoms with Gasteiger partial charge in [-0.1, -0.05) is 19.0 Å². The average Bonchev–Trinajstić information content (AvgIpc) is 3.28. The van der Waals surface area contributed by atoms with E-state index in [0.29, 0.717) is 29.7 Å². The average molecular weight is 401 g/mol. The van der Waals surface area contributed by atoms with Gasteiger partial charge in [-0.3, -0.25) is 15.0 Å². The van der Waals surface area contributed by atoms with Crippen molar-refractivity contribution >= 4 is 17.0 Å². The Morgan fingerprint density at radius 1 is 1.21 bits per heavy atom. The Morgan fingerprint density at radius 3 is 2.46 bits per heavy atom. The highest BCUT2D eigenvalue weighted by Crippen LogP contribution is 2.32. The Kier molecular flexibility index (Phi) is 5.85. The molecule has 8 nitrogen and oxygen atoms in total. The van der Waals surface area contributed by atoms with Crippen LogP contribution < -0.4 is 0 Å². The minimum Gasteiger partial charge on any atom is -0.338 e. The van der Waals surface area contributed by atoms with E-state index in [1.807, 2.05) is 14.0 Å². The van der Waals surface area contributed by atoms with Crippen LogP contribution in [0.1, 0.15) is 54.2 Å². The van der Waals surface area contributed by atoms with Crippen molar-refractivity contribution in [3.05, 3.63) is 55.8 Å². The van der Waals surface area contributed by atoms with E-state index in [9.17, 15) is 10.1 Å². The zero-order chi connectivity index (χ0) is 20.4. The molecule has 3 aromatic rings. The first kappa shape index (κ1) is 20.1. The lowest BCUT2D eigenvalue weighted by atomic mass is 10.2. The van der Waals surface area contributed by atoms with Crippen molar-refractivity contribution in [2.75, 3.05) is 7.05 Å². The summed E-state index contributed by atoms with van der Waals surface area (Å²) < 4.78 is 5.38. The molecular weight excluding hydrogens is 378 g/mol. The van der Waals surface area contributed by atoms with Crippen LogP contribution >= 0.6 is 11.3 Å². The second-order valence-electron chi connectivity index (χ2n) is 7.06. The van der Waals surface area contributed by atoms with Crippen LogP contribution in [0.4, 0.5) is 5.69 Å². The molecule has 0 saturated carbocycles. The van der Waals surface area contributed by atoms with Gasteiger partial charge in [0, 0.05) is 34.5 Å². The first-order valence-corrected chi connectivity index (χ1v) is 9.82. The van der Waals surface area contributed by atoms with Gasteiger partial charge in [0.1, 0.15) is 0 Å². The lowest BCUT2D eigenvalue weighted by Gasteiger charge is -2.22. The van der Waals surface area contributed by atoms with Gasteiger partial charge < -0.3 is 4.52 Å². The summed E-state index contributed by atoms with van der Waals surface area (Å²) in [5.41, 5.74) is 1.77. The number of aromatic nitrogens is 3.